The molecule has 3 atom stereocenters. The van der Waals surface area contributed by atoms with Gasteiger partial charge in [0.2, 0.25) is 11.8 Å². The van der Waals surface area contributed by atoms with Gasteiger partial charge in [0, 0.05) is 23.5 Å². The van der Waals surface area contributed by atoms with Crippen molar-refractivity contribution in [3.63, 3.8) is 0 Å². The molecule has 0 saturated heterocycles. The van der Waals surface area contributed by atoms with Crippen LogP contribution in [0, 0.1) is 11.8 Å². The zero-order valence-electron chi connectivity index (χ0n) is 18.6. The number of aliphatic carboxylic acids is 1. The van der Waals surface area contributed by atoms with E-state index in [2.05, 4.69) is 15.6 Å². The minimum atomic E-state index is -1.10. The van der Waals surface area contributed by atoms with E-state index in [9.17, 15) is 19.5 Å². The molecule has 1 aromatic carbocycles. The first-order valence-corrected chi connectivity index (χ1v) is 10.7. The van der Waals surface area contributed by atoms with Crippen LogP contribution >= 0.6 is 0 Å². The van der Waals surface area contributed by atoms with Gasteiger partial charge in [-0.15, -0.1) is 0 Å². The second-order valence-electron chi connectivity index (χ2n) is 8.89. The summed E-state index contributed by atoms with van der Waals surface area (Å²) in [6, 6.07) is 4.94. The largest absolute Gasteiger partial charge is 0.480 e. The molecule has 0 spiro atoms. The van der Waals surface area contributed by atoms with Crippen LogP contribution in [0.5, 0.6) is 0 Å². The fraction of sp³-hybridized carbons (Fsp3) is 0.522. The van der Waals surface area contributed by atoms with Gasteiger partial charge in [0.05, 0.1) is 6.04 Å². The van der Waals surface area contributed by atoms with E-state index >= 15 is 0 Å². The van der Waals surface area contributed by atoms with Crippen molar-refractivity contribution in [2.24, 2.45) is 17.6 Å². The Hall–Kier alpha value is -2.87. The molecule has 31 heavy (non-hydrogen) atoms. The Labute approximate surface area is 183 Å². The number of aromatic amines is 1. The average molecular weight is 431 g/mol. The number of H-pyrrole nitrogens is 1. The Morgan fingerprint density at radius 2 is 1.58 bits per heavy atom. The highest BCUT2D eigenvalue weighted by molar-refractivity contribution is 5.92. The van der Waals surface area contributed by atoms with E-state index in [1.54, 1.807) is 6.20 Å². The quantitative estimate of drug-likeness (QED) is 0.372. The first-order chi connectivity index (χ1) is 14.6. The molecule has 0 radical (unpaired) electrons. The van der Waals surface area contributed by atoms with Gasteiger partial charge >= 0.3 is 5.97 Å². The maximum absolute atomic E-state index is 13.0. The average Bonchev–Trinajstić information content (AvgIpc) is 3.08. The van der Waals surface area contributed by atoms with E-state index in [1.165, 1.54) is 0 Å². The molecule has 0 saturated carbocycles. The molecule has 0 aliphatic carbocycles. The summed E-state index contributed by atoms with van der Waals surface area (Å²) >= 11 is 0. The minimum absolute atomic E-state index is 0.0857. The van der Waals surface area contributed by atoms with E-state index in [1.807, 2.05) is 52.0 Å². The van der Waals surface area contributed by atoms with Crippen LogP contribution in [0.1, 0.15) is 46.1 Å². The van der Waals surface area contributed by atoms with Gasteiger partial charge in [0.15, 0.2) is 0 Å². The summed E-state index contributed by atoms with van der Waals surface area (Å²) in [6.45, 7) is 7.70. The van der Waals surface area contributed by atoms with Crippen LogP contribution in [0.4, 0.5) is 0 Å². The standard InChI is InChI=1S/C23H34N4O4/c1-13(2)9-17(24)21(28)26-19(22(29)27-20(23(30)31)10-14(3)4)11-15-12-25-18-8-6-5-7-16(15)18/h5-8,12-14,17,19-20,25H,9-11,24H2,1-4H3,(H,26,28)(H,27,29)(H,30,31)/t17-,19-,20+/m0/s1. The Bertz CT molecular complexity index is 906. The van der Waals surface area contributed by atoms with Gasteiger partial charge < -0.3 is 26.5 Å². The number of amides is 2. The molecule has 1 heterocycles. The molecular formula is C23H34N4O4. The molecule has 2 amide bonds. The van der Waals surface area contributed by atoms with Crippen LogP contribution in [0.3, 0.4) is 0 Å². The van der Waals surface area contributed by atoms with Crippen molar-refractivity contribution >= 4 is 28.7 Å². The number of fused-ring (bicyclic) bond motifs is 1. The lowest BCUT2D eigenvalue weighted by Crippen LogP contribution is -2.55. The van der Waals surface area contributed by atoms with Crippen molar-refractivity contribution in [2.45, 2.75) is 65.1 Å². The first kappa shape index (κ1) is 24.4. The van der Waals surface area contributed by atoms with E-state index in [-0.39, 0.29) is 18.3 Å². The summed E-state index contributed by atoms with van der Waals surface area (Å²) in [4.78, 5) is 40.5. The molecule has 2 rings (SSSR count). The normalized spacial score (nSPS) is 14.4. The number of hydrogen-bond acceptors (Lipinski definition) is 4. The first-order valence-electron chi connectivity index (χ1n) is 10.7. The molecule has 1 aromatic heterocycles. The van der Waals surface area contributed by atoms with Crippen LogP contribution in [0.25, 0.3) is 10.9 Å². The van der Waals surface area contributed by atoms with Crippen LogP contribution in [-0.4, -0.2) is 46.0 Å². The molecular weight excluding hydrogens is 396 g/mol. The van der Waals surface area contributed by atoms with E-state index in [4.69, 9.17) is 5.73 Å². The molecule has 2 aromatic rings. The minimum Gasteiger partial charge on any atom is -0.480 e. The molecule has 0 fully saturated rings. The SMILES string of the molecule is CC(C)C[C@H](N)C(=O)N[C@@H](Cc1c[nH]c2ccccc12)C(=O)N[C@H](CC(C)C)C(=O)O. The summed E-state index contributed by atoms with van der Waals surface area (Å²) in [6.07, 6.45) is 2.79. The Morgan fingerprint density at radius 3 is 2.19 bits per heavy atom. The molecule has 8 heteroatoms. The zero-order valence-corrected chi connectivity index (χ0v) is 18.6. The molecule has 0 unspecified atom stereocenters. The second-order valence-corrected chi connectivity index (χ2v) is 8.89. The van der Waals surface area contributed by atoms with Gasteiger partial charge in [-0.3, -0.25) is 9.59 Å². The number of aromatic nitrogens is 1. The predicted octanol–water partition coefficient (Wildman–Crippen LogP) is 2.18. The molecule has 8 nitrogen and oxygen atoms in total. The topological polar surface area (TPSA) is 137 Å². The second kappa shape index (κ2) is 10.9. The number of carboxylic acids is 1. The fourth-order valence-electron chi connectivity index (χ4n) is 3.59. The lowest BCUT2D eigenvalue weighted by molar-refractivity contribution is -0.142. The number of carboxylic acid groups (broad SMARTS) is 1. The highest BCUT2D eigenvalue weighted by Crippen LogP contribution is 2.19. The molecule has 170 valence electrons. The smallest absolute Gasteiger partial charge is 0.326 e. The fourth-order valence-corrected chi connectivity index (χ4v) is 3.59. The predicted molar refractivity (Wildman–Crippen MR) is 120 cm³/mol. The Kier molecular flexibility index (Phi) is 8.62. The van der Waals surface area contributed by atoms with Crippen molar-refractivity contribution in [3.8, 4) is 0 Å². The van der Waals surface area contributed by atoms with Crippen LogP contribution in [0.2, 0.25) is 0 Å². The Morgan fingerprint density at radius 1 is 0.968 bits per heavy atom. The maximum atomic E-state index is 13.0. The number of benzene rings is 1. The van der Waals surface area contributed by atoms with Gasteiger partial charge in [-0.05, 0) is 36.3 Å². The number of hydrogen-bond donors (Lipinski definition) is 5. The van der Waals surface area contributed by atoms with Crippen molar-refractivity contribution in [1.29, 1.82) is 0 Å². The van der Waals surface area contributed by atoms with E-state index in [0.717, 1.165) is 16.5 Å². The number of nitrogens with one attached hydrogen (secondary N) is 3. The van der Waals surface area contributed by atoms with Gasteiger partial charge in [-0.25, -0.2) is 4.79 Å². The molecule has 6 N–H and O–H groups in total. The maximum Gasteiger partial charge on any atom is 0.326 e. The van der Waals surface area contributed by atoms with Crippen molar-refractivity contribution in [3.05, 3.63) is 36.0 Å². The summed E-state index contributed by atoms with van der Waals surface area (Å²) in [5, 5.41) is 15.8. The van der Waals surface area contributed by atoms with Crippen LogP contribution in [0.15, 0.2) is 30.5 Å². The third-order valence-corrected chi connectivity index (χ3v) is 5.12. The number of para-hydroxylation sites is 1. The van der Waals surface area contributed by atoms with Crippen molar-refractivity contribution in [1.82, 2.24) is 15.6 Å². The van der Waals surface area contributed by atoms with Crippen LogP contribution < -0.4 is 16.4 Å². The van der Waals surface area contributed by atoms with Gasteiger partial charge in [0.1, 0.15) is 12.1 Å². The van der Waals surface area contributed by atoms with E-state index < -0.39 is 35.9 Å². The molecule has 0 aliphatic rings. The summed E-state index contributed by atoms with van der Waals surface area (Å²) in [7, 11) is 0. The third-order valence-electron chi connectivity index (χ3n) is 5.12. The van der Waals surface area contributed by atoms with Crippen LogP contribution in [-0.2, 0) is 20.8 Å². The van der Waals surface area contributed by atoms with Crippen molar-refractivity contribution in [2.75, 3.05) is 0 Å². The number of nitrogens with two attached hydrogens (primary N) is 1. The van der Waals surface area contributed by atoms with Gasteiger partial charge in [-0.1, -0.05) is 45.9 Å². The monoisotopic (exact) mass is 430 g/mol. The zero-order chi connectivity index (χ0) is 23.1. The summed E-state index contributed by atoms with van der Waals surface area (Å²) < 4.78 is 0. The highest BCUT2D eigenvalue weighted by atomic mass is 16.4. The van der Waals surface area contributed by atoms with E-state index in [0.29, 0.717) is 12.8 Å². The molecule has 0 bridgehead atoms. The van der Waals surface area contributed by atoms with Gasteiger partial charge in [-0.2, -0.15) is 0 Å². The summed E-state index contributed by atoms with van der Waals surface area (Å²) in [5.41, 5.74) is 7.77. The number of carbonyl (C=O) groups excluding carboxylic acids is 2. The lowest BCUT2D eigenvalue weighted by atomic mass is 10.00. The number of rotatable bonds is 11. The number of carbonyl (C=O) groups is 3. The van der Waals surface area contributed by atoms with Gasteiger partial charge in [0.25, 0.3) is 0 Å². The highest BCUT2D eigenvalue weighted by Gasteiger charge is 2.29. The Balaban J connectivity index is 2.24. The third kappa shape index (κ3) is 7.10. The lowest BCUT2D eigenvalue weighted by Gasteiger charge is -2.24. The molecule has 0 aliphatic heterocycles. The van der Waals surface area contributed by atoms with Crippen molar-refractivity contribution < 1.29 is 19.5 Å². The summed E-state index contributed by atoms with van der Waals surface area (Å²) in [5.74, 6) is -1.75.